The summed E-state index contributed by atoms with van der Waals surface area (Å²) >= 11 is 0. The van der Waals surface area contributed by atoms with Crippen molar-refractivity contribution in [3.8, 4) is 5.88 Å². The van der Waals surface area contributed by atoms with Crippen molar-refractivity contribution in [3.63, 3.8) is 0 Å². The van der Waals surface area contributed by atoms with E-state index < -0.39 is 0 Å². The molecule has 1 rings (SSSR count). The molecular weight excluding hydrogens is 156 g/mol. The Kier molecular flexibility index (Phi) is 2.47. The Morgan fingerprint density at radius 3 is 2.83 bits per heavy atom. The van der Waals surface area contributed by atoms with Gasteiger partial charge in [-0.25, -0.2) is 4.68 Å². The number of ketones is 1. The molecule has 0 aliphatic rings. The molecule has 0 N–H and O–H groups in total. The van der Waals surface area contributed by atoms with Crippen LogP contribution in [0.3, 0.4) is 0 Å². The average molecular weight is 168 g/mol. The van der Waals surface area contributed by atoms with E-state index >= 15 is 0 Å². The summed E-state index contributed by atoms with van der Waals surface area (Å²) < 4.78 is 6.77. The van der Waals surface area contributed by atoms with Crippen LogP contribution >= 0.6 is 0 Å². The number of carbonyl (C=O) groups is 1. The fourth-order valence-electron chi connectivity index (χ4n) is 0.905. The Morgan fingerprint density at radius 1 is 1.75 bits per heavy atom. The Bertz CT molecular complexity index is 291. The third-order valence-corrected chi connectivity index (χ3v) is 1.49. The van der Waals surface area contributed by atoms with E-state index in [0.717, 1.165) is 0 Å². The number of aryl methyl sites for hydroxylation is 1. The molecule has 12 heavy (non-hydrogen) atoms. The van der Waals surface area contributed by atoms with Crippen LogP contribution in [-0.2, 0) is 7.05 Å². The summed E-state index contributed by atoms with van der Waals surface area (Å²) in [7, 11) is 1.75. The highest BCUT2D eigenvalue weighted by molar-refractivity contribution is 5.92. The molecule has 4 nitrogen and oxygen atoms in total. The number of nitrogens with zero attached hydrogens (tertiary/aromatic N) is 2. The smallest absolute Gasteiger partial charge is 0.212 e. The van der Waals surface area contributed by atoms with E-state index in [0.29, 0.717) is 18.2 Å². The van der Waals surface area contributed by atoms with Crippen molar-refractivity contribution in [3.05, 3.63) is 11.8 Å². The van der Waals surface area contributed by atoms with Crippen molar-refractivity contribution in [2.45, 2.75) is 13.8 Å². The van der Waals surface area contributed by atoms with Gasteiger partial charge in [0, 0.05) is 20.0 Å². The van der Waals surface area contributed by atoms with Crippen LogP contribution in [0.4, 0.5) is 0 Å². The standard InChI is InChI=1S/C8H12N2O2/c1-4-12-8-5-7(6(2)11)9-10(8)3/h5H,4H2,1-3H3. The molecule has 0 amide bonds. The predicted molar refractivity (Wildman–Crippen MR) is 44.4 cm³/mol. The second-order valence-electron chi connectivity index (χ2n) is 2.48. The van der Waals surface area contributed by atoms with Gasteiger partial charge in [0.1, 0.15) is 5.69 Å². The second kappa shape index (κ2) is 3.38. The number of hydrogen-bond acceptors (Lipinski definition) is 3. The molecule has 0 spiro atoms. The van der Waals surface area contributed by atoms with Gasteiger partial charge in [0.15, 0.2) is 5.78 Å². The number of Topliss-reactive ketones (excluding diaryl/α,β-unsaturated/α-hetero) is 1. The summed E-state index contributed by atoms with van der Waals surface area (Å²) in [6, 6.07) is 1.64. The van der Waals surface area contributed by atoms with Crippen LogP contribution in [0.2, 0.25) is 0 Å². The number of hydrogen-bond donors (Lipinski definition) is 0. The normalized spacial score (nSPS) is 9.92. The van der Waals surface area contributed by atoms with Gasteiger partial charge in [-0.05, 0) is 6.92 Å². The molecular formula is C8H12N2O2. The molecule has 4 heteroatoms. The van der Waals surface area contributed by atoms with Crippen LogP contribution in [0.5, 0.6) is 5.88 Å². The Labute approximate surface area is 71.1 Å². The van der Waals surface area contributed by atoms with E-state index in [1.54, 1.807) is 17.8 Å². The molecule has 0 saturated carbocycles. The molecule has 0 aliphatic heterocycles. The lowest BCUT2D eigenvalue weighted by atomic mass is 10.3. The lowest BCUT2D eigenvalue weighted by Crippen LogP contribution is -1.99. The highest BCUT2D eigenvalue weighted by Crippen LogP contribution is 2.11. The van der Waals surface area contributed by atoms with Crippen molar-refractivity contribution in [2.24, 2.45) is 7.05 Å². The largest absolute Gasteiger partial charge is 0.478 e. The van der Waals surface area contributed by atoms with Gasteiger partial charge in [0.25, 0.3) is 0 Å². The molecule has 0 aromatic carbocycles. The fraction of sp³-hybridized carbons (Fsp3) is 0.500. The highest BCUT2D eigenvalue weighted by atomic mass is 16.5. The lowest BCUT2D eigenvalue weighted by Gasteiger charge is -1.99. The van der Waals surface area contributed by atoms with Crippen LogP contribution in [0.25, 0.3) is 0 Å². The molecule has 1 heterocycles. The third-order valence-electron chi connectivity index (χ3n) is 1.49. The molecule has 1 aromatic rings. The van der Waals surface area contributed by atoms with Gasteiger partial charge < -0.3 is 4.74 Å². The van der Waals surface area contributed by atoms with Gasteiger partial charge in [-0.1, -0.05) is 0 Å². The van der Waals surface area contributed by atoms with Gasteiger partial charge in [0.2, 0.25) is 5.88 Å². The van der Waals surface area contributed by atoms with Crippen LogP contribution in [0.1, 0.15) is 24.3 Å². The van der Waals surface area contributed by atoms with Gasteiger partial charge >= 0.3 is 0 Å². The van der Waals surface area contributed by atoms with Gasteiger partial charge in [-0.3, -0.25) is 4.79 Å². The van der Waals surface area contributed by atoms with E-state index in [-0.39, 0.29) is 5.78 Å². The molecule has 66 valence electrons. The first kappa shape index (κ1) is 8.77. The van der Waals surface area contributed by atoms with Gasteiger partial charge in [-0.15, -0.1) is 0 Å². The SMILES string of the molecule is CCOc1cc(C(C)=O)nn1C. The zero-order valence-electron chi connectivity index (χ0n) is 7.50. The minimum Gasteiger partial charge on any atom is -0.478 e. The van der Waals surface area contributed by atoms with E-state index in [9.17, 15) is 4.79 Å². The topological polar surface area (TPSA) is 44.1 Å². The highest BCUT2D eigenvalue weighted by Gasteiger charge is 2.08. The summed E-state index contributed by atoms with van der Waals surface area (Å²) in [5.74, 6) is 0.583. The van der Waals surface area contributed by atoms with Crippen molar-refractivity contribution in [1.29, 1.82) is 0 Å². The van der Waals surface area contributed by atoms with Crippen molar-refractivity contribution >= 4 is 5.78 Å². The number of carbonyl (C=O) groups excluding carboxylic acids is 1. The molecule has 1 aromatic heterocycles. The first-order valence-corrected chi connectivity index (χ1v) is 3.83. The molecule has 0 radical (unpaired) electrons. The molecule has 0 atom stereocenters. The predicted octanol–water partition coefficient (Wildman–Crippen LogP) is 1.02. The first-order valence-electron chi connectivity index (χ1n) is 3.83. The number of aromatic nitrogens is 2. The van der Waals surface area contributed by atoms with Crippen molar-refractivity contribution in [1.82, 2.24) is 9.78 Å². The average Bonchev–Trinajstić information content (AvgIpc) is 2.34. The molecule has 0 aliphatic carbocycles. The van der Waals surface area contributed by atoms with Gasteiger partial charge in [0.05, 0.1) is 6.61 Å². The minimum absolute atomic E-state index is 0.0449. The van der Waals surface area contributed by atoms with Crippen LogP contribution in [-0.4, -0.2) is 22.2 Å². The van der Waals surface area contributed by atoms with E-state index in [1.165, 1.54) is 6.92 Å². The Morgan fingerprint density at radius 2 is 2.42 bits per heavy atom. The fourth-order valence-corrected chi connectivity index (χ4v) is 0.905. The zero-order valence-corrected chi connectivity index (χ0v) is 7.50. The van der Waals surface area contributed by atoms with E-state index in [4.69, 9.17) is 4.74 Å². The van der Waals surface area contributed by atoms with Crippen molar-refractivity contribution < 1.29 is 9.53 Å². The summed E-state index contributed by atoms with van der Waals surface area (Å²) in [5, 5.41) is 3.97. The molecule has 0 bridgehead atoms. The summed E-state index contributed by atoms with van der Waals surface area (Å²) in [4.78, 5) is 10.9. The van der Waals surface area contributed by atoms with Crippen LogP contribution < -0.4 is 4.74 Å². The number of rotatable bonds is 3. The minimum atomic E-state index is -0.0449. The Hall–Kier alpha value is -1.32. The van der Waals surface area contributed by atoms with Crippen LogP contribution in [0, 0.1) is 0 Å². The monoisotopic (exact) mass is 168 g/mol. The summed E-state index contributed by atoms with van der Waals surface area (Å²) in [5.41, 5.74) is 0.445. The third kappa shape index (κ3) is 1.64. The van der Waals surface area contributed by atoms with Crippen LogP contribution in [0.15, 0.2) is 6.07 Å². The molecule has 0 fully saturated rings. The maximum absolute atomic E-state index is 10.9. The quantitative estimate of drug-likeness (QED) is 0.633. The second-order valence-corrected chi connectivity index (χ2v) is 2.48. The summed E-state index contributed by atoms with van der Waals surface area (Å²) in [6.07, 6.45) is 0. The van der Waals surface area contributed by atoms with Gasteiger partial charge in [-0.2, -0.15) is 5.10 Å². The van der Waals surface area contributed by atoms with Crippen molar-refractivity contribution in [2.75, 3.05) is 6.61 Å². The van der Waals surface area contributed by atoms with E-state index in [2.05, 4.69) is 5.10 Å². The summed E-state index contributed by atoms with van der Waals surface area (Å²) in [6.45, 7) is 3.95. The zero-order chi connectivity index (χ0) is 9.14. The van der Waals surface area contributed by atoms with E-state index in [1.807, 2.05) is 6.92 Å². The first-order chi connectivity index (χ1) is 5.65. The molecule has 0 unspecified atom stereocenters. The Balaban J connectivity index is 2.92. The lowest BCUT2D eigenvalue weighted by molar-refractivity contribution is 0.101. The molecule has 0 saturated heterocycles. The maximum atomic E-state index is 10.9. The number of ether oxygens (including phenoxy) is 1. The maximum Gasteiger partial charge on any atom is 0.212 e.